The van der Waals surface area contributed by atoms with Gasteiger partial charge in [-0.1, -0.05) is 25.5 Å². The highest BCUT2D eigenvalue weighted by atomic mass is 32.2. The highest BCUT2D eigenvalue weighted by molar-refractivity contribution is 7.90. The molecule has 0 bridgehead atoms. The zero-order chi connectivity index (χ0) is 12.7. The Balaban J connectivity index is 2.32. The lowest BCUT2D eigenvalue weighted by Gasteiger charge is -2.06. The molecule has 1 aromatic rings. The minimum absolute atomic E-state index is 0.244. The summed E-state index contributed by atoms with van der Waals surface area (Å²) in [7, 11) is -2.83. The monoisotopic (exact) mass is 255 g/mol. The van der Waals surface area contributed by atoms with Gasteiger partial charge in [-0.25, -0.2) is 8.42 Å². The summed E-state index contributed by atoms with van der Waals surface area (Å²) >= 11 is 0. The van der Waals surface area contributed by atoms with Crippen LogP contribution in [0, 0.1) is 0 Å². The van der Waals surface area contributed by atoms with Gasteiger partial charge in [-0.05, 0) is 30.5 Å². The average Bonchev–Trinajstić information content (AvgIpc) is 2.26. The lowest BCUT2D eigenvalue weighted by Crippen LogP contribution is -2.09. The number of rotatable bonds is 7. The van der Waals surface area contributed by atoms with Gasteiger partial charge in [0.05, 0.1) is 5.75 Å². The van der Waals surface area contributed by atoms with Crippen molar-refractivity contribution in [1.82, 2.24) is 0 Å². The first-order chi connectivity index (χ1) is 8.01. The molecule has 0 radical (unpaired) electrons. The molecule has 0 saturated heterocycles. The lowest BCUT2D eigenvalue weighted by molar-refractivity contribution is 0.600. The Kier molecular flexibility index (Phi) is 5.48. The van der Waals surface area contributed by atoms with Crippen molar-refractivity contribution in [2.24, 2.45) is 0 Å². The van der Waals surface area contributed by atoms with E-state index >= 15 is 0 Å². The maximum Gasteiger partial charge on any atom is 0.147 e. The summed E-state index contributed by atoms with van der Waals surface area (Å²) in [4.78, 5) is 0. The molecule has 0 saturated carbocycles. The van der Waals surface area contributed by atoms with E-state index in [0.717, 1.165) is 18.5 Å². The van der Waals surface area contributed by atoms with Crippen LogP contribution >= 0.6 is 0 Å². The van der Waals surface area contributed by atoms with Gasteiger partial charge < -0.3 is 5.32 Å². The Morgan fingerprint density at radius 1 is 1.18 bits per heavy atom. The molecule has 96 valence electrons. The van der Waals surface area contributed by atoms with E-state index in [1.54, 1.807) is 0 Å². The van der Waals surface area contributed by atoms with Gasteiger partial charge in [0.1, 0.15) is 9.84 Å². The molecule has 0 atom stereocenters. The third-order valence-electron chi connectivity index (χ3n) is 2.51. The molecule has 1 rings (SSSR count). The third-order valence-corrected chi connectivity index (χ3v) is 3.54. The van der Waals surface area contributed by atoms with Gasteiger partial charge in [0.2, 0.25) is 0 Å². The van der Waals surface area contributed by atoms with Crippen LogP contribution in [0.15, 0.2) is 24.3 Å². The Bertz CT molecular complexity index is 423. The van der Waals surface area contributed by atoms with Crippen LogP contribution in [0.4, 0.5) is 5.69 Å². The molecule has 1 aromatic carbocycles. The third kappa shape index (κ3) is 6.31. The van der Waals surface area contributed by atoms with Crippen LogP contribution in [-0.2, 0) is 16.3 Å². The van der Waals surface area contributed by atoms with Crippen molar-refractivity contribution in [2.75, 3.05) is 23.9 Å². The van der Waals surface area contributed by atoms with Crippen LogP contribution in [0.1, 0.15) is 25.3 Å². The molecular weight excluding hydrogens is 234 g/mol. The first-order valence-electron chi connectivity index (χ1n) is 6.02. The number of nitrogens with one attached hydrogen (secondary N) is 1. The fourth-order valence-corrected chi connectivity index (χ4v) is 2.31. The minimum atomic E-state index is -2.83. The maximum atomic E-state index is 10.9. The second-order valence-electron chi connectivity index (χ2n) is 4.36. The van der Waals surface area contributed by atoms with Crippen molar-refractivity contribution < 1.29 is 8.42 Å². The van der Waals surface area contributed by atoms with E-state index in [4.69, 9.17) is 0 Å². The number of sulfone groups is 1. The minimum Gasteiger partial charge on any atom is -0.385 e. The summed E-state index contributed by atoms with van der Waals surface area (Å²) in [6.07, 6.45) is 4.18. The lowest BCUT2D eigenvalue weighted by atomic mass is 10.1. The Hall–Kier alpha value is -1.03. The molecule has 3 nitrogen and oxygen atoms in total. The summed E-state index contributed by atoms with van der Waals surface area (Å²) < 4.78 is 21.9. The van der Waals surface area contributed by atoms with Crippen molar-refractivity contribution in [1.29, 1.82) is 0 Å². The van der Waals surface area contributed by atoms with Crippen LogP contribution in [0.5, 0.6) is 0 Å². The average molecular weight is 255 g/mol. The quantitative estimate of drug-likeness (QED) is 0.761. The number of hydrogen-bond donors (Lipinski definition) is 1. The largest absolute Gasteiger partial charge is 0.385 e. The van der Waals surface area contributed by atoms with E-state index in [1.165, 1.54) is 11.8 Å². The SMILES string of the molecule is CCCc1ccc(NCCCS(C)(=O)=O)cc1. The number of benzene rings is 1. The van der Waals surface area contributed by atoms with Gasteiger partial charge in [-0.15, -0.1) is 0 Å². The van der Waals surface area contributed by atoms with Gasteiger partial charge in [0, 0.05) is 18.5 Å². The standard InChI is InChI=1S/C13H21NO2S/c1-3-5-12-6-8-13(9-7-12)14-10-4-11-17(2,15)16/h6-9,14H,3-5,10-11H2,1-2H3. The van der Waals surface area contributed by atoms with E-state index < -0.39 is 9.84 Å². The van der Waals surface area contributed by atoms with Gasteiger partial charge in [0.25, 0.3) is 0 Å². The molecular formula is C13H21NO2S. The predicted molar refractivity (Wildman–Crippen MR) is 73.3 cm³/mol. The zero-order valence-corrected chi connectivity index (χ0v) is 11.4. The Morgan fingerprint density at radius 3 is 2.35 bits per heavy atom. The Labute approximate surface area is 104 Å². The molecule has 0 unspecified atom stereocenters. The van der Waals surface area contributed by atoms with Gasteiger partial charge in [-0.3, -0.25) is 0 Å². The molecule has 0 aliphatic rings. The molecule has 4 heteroatoms. The van der Waals surface area contributed by atoms with E-state index in [-0.39, 0.29) is 5.75 Å². The second kappa shape index (κ2) is 6.64. The second-order valence-corrected chi connectivity index (χ2v) is 6.62. The van der Waals surface area contributed by atoms with Crippen molar-refractivity contribution in [3.8, 4) is 0 Å². The van der Waals surface area contributed by atoms with E-state index in [9.17, 15) is 8.42 Å². The summed E-state index contributed by atoms with van der Waals surface area (Å²) in [6.45, 7) is 2.86. The zero-order valence-electron chi connectivity index (χ0n) is 10.6. The van der Waals surface area contributed by atoms with E-state index in [2.05, 4.69) is 24.4 Å². The first kappa shape index (κ1) is 14.0. The number of aryl methyl sites for hydroxylation is 1. The van der Waals surface area contributed by atoms with Crippen LogP contribution in [0.25, 0.3) is 0 Å². The van der Waals surface area contributed by atoms with Crippen molar-refractivity contribution >= 4 is 15.5 Å². The number of hydrogen-bond acceptors (Lipinski definition) is 3. The fraction of sp³-hybridized carbons (Fsp3) is 0.538. The van der Waals surface area contributed by atoms with Gasteiger partial charge in [0.15, 0.2) is 0 Å². The molecule has 0 spiro atoms. The number of anilines is 1. The summed E-state index contributed by atoms with van der Waals surface area (Å²) in [5.41, 5.74) is 2.40. The predicted octanol–water partition coefficient (Wildman–Crippen LogP) is 2.49. The van der Waals surface area contributed by atoms with Gasteiger partial charge >= 0.3 is 0 Å². The molecule has 0 amide bonds. The van der Waals surface area contributed by atoms with Crippen molar-refractivity contribution in [3.63, 3.8) is 0 Å². The summed E-state index contributed by atoms with van der Waals surface area (Å²) in [5.74, 6) is 0.244. The van der Waals surface area contributed by atoms with Crippen molar-refractivity contribution in [2.45, 2.75) is 26.2 Å². The molecule has 0 aliphatic carbocycles. The first-order valence-corrected chi connectivity index (χ1v) is 8.08. The topological polar surface area (TPSA) is 46.2 Å². The molecule has 17 heavy (non-hydrogen) atoms. The van der Waals surface area contributed by atoms with Crippen LogP contribution in [-0.4, -0.2) is 27.0 Å². The highest BCUT2D eigenvalue weighted by Gasteiger charge is 2.00. The van der Waals surface area contributed by atoms with Crippen LogP contribution in [0.3, 0.4) is 0 Å². The molecule has 0 heterocycles. The maximum absolute atomic E-state index is 10.9. The van der Waals surface area contributed by atoms with Gasteiger partial charge in [-0.2, -0.15) is 0 Å². The van der Waals surface area contributed by atoms with Crippen molar-refractivity contribution in [3.05, 3.63) is 29.8 Å². The molecule has 0 aliphatic heterocycles. The molecule has 0 fully saturated rings. The molecule has 1 N–H and O–H groups in total. The van der Waals surface area contributed by atoms with E-state index in [0.29, 0.717) is 13.0 Å². The summed E-state index contributed by atoms with van der Waals surface area (Å²) in [6, 6.07) is 8.32. The fourth-order valence-electron chi connectivity index (χ4n) is 1.65. The normalized spacial score (nSPS) is 11.4. The summed E-state index contributed by atoms with van der Waals surface area (Å²) in [5, 5.41) is 3.22. The smallest absolute Gasteiger partial charge is 0.147 e. The molecule has 0 aromatic heterocycles. The van der Waals surface area contributed by atoms with E-state index in [1.807, 2.05) is 12.1 Å². The highest BCUT2D eigenvalue weighted by Crippen LogP contribution is 2.10. The Morgan fingerprint density at radius 2 is 1.82 bits per heavy atom. The van der Waals surface area contributed by atoms with Crippen LogP contribution in [0.2, 0.25) is 0 Å². The van der Waals surface area contributed by atoms with Crippen LogP contribution < -0.4 is 5.32 Å².